The number of para-hydroxylation sites is 1. The van der Waals surface area contributed by atoms with Gasteiger partial charge >= 0.3 is 6.03 Å². The van der Waals surface area contributed by atoms with Crippen LogP contribution in [0.2, 0.25) is 5.02 Å². The molecule has 2 aromatic rings. The molecule has 5 N–H and O–H groups in total. The molecule has 0 radical (unpaired) electrons. The summed E-state index contributed by atoms with van der Waals surface area (Å²) in [7, 11) is -4.31. The van der Waals surface area contributed by atoms with Gasteiger partial charge in [-0.25, -0.2) is 18.4 Å². The van der Waals surface area contributed by atoms with Crippen molar-refractivity contribution in [1.82, 2.24) is 0 Å². The minimum absolute atomic E-state index is 0.169. The average Bonchev–Trinajstić information content (AvgIpc) is 2.41. The van der Waals surface area contributed by atoms with E-state index in [1.165, 1.54) is 12.1 Å². The first kappa shape index (κ1) is 17.5. The lowest BCUT2D eigenvalue weighted by Gasteiger charge is -2.23. The van der Waals surface area contributed by atoms with Crippen LogP contribution >= 0.6 is 27.5 Å². The number of hydrogen-bond donors (Lipinski definition) is 3. The summed E-state index contributed by atoms with van der Waals surface area (Å²) in [4.78, 5) is 12.1. The van der Waals surface area contributed by atoms with Gasteiger partial charge in [0.2, 0.25) is 10.0 Å². The van der Waals surface area contributed by atoms with Crippen LogP contribution in [-0.4, -0.2) is 19.6 Å². The molecule has 2 rings (SSSR count). The second-order valence-electron chi connectivity index (χ2n) is 4.41. The molecule has 0 heterocycles. The van der Waals surface area contributed by atoms with Crippen molar-refractivity contribution in [2.75, 3.05) is 4.90 Å². The number of urea groups is 1. The molecule has 0 saturated heterocycles. The molecule has 0 aliphatic rings. The van der Waals surface area contributed by atoms with Gasteiger partial charge in [0.1, 0.15) is 4.90 Å². The van der Waals surface area contributed by atoms with Crippen LogP contribution in [0.25, 0.3) is 0 Å². The summed E-state index contributed by atoms with van der Waals surface area (Å²) < 4.78 is 23.7. The van der Waals surface area contributed by atoms with Crippen molar-refractivity contribution in [3.8, 4) is 5.75 Å². The Kier molecular flexibility index (Phi) is 4.85. The largest absolute Gasteiger partial charge is 0.504 e. The lowest BCUT2D eigenvalue weighted by Crippen LogP contribution is -2.32. The highest BCUT2D eigenvalue weighted by Gasteiger charge is 2.27. The van der Waals surface area contributed by atoms with Crippen molar-refractivity contribution in [2.45, 2.75) is 4.90 Å². The predicted molar refractivity (Wildman–Crippen MR) is 90.4 cm³/mol. The molecule has 10 heteroatoms. The van der Waals surface area contributed by atoms with Gasteiger partial charge in [-0.05, 0) is 40.2 Å². The summed E-state index contributed by atoms with van der Waals surface area (Å²) in [6, 6.07) is 8.08. The zero-order chi connectivity index (χ0) is 17.4. The van der Waals surface area contributed by atoms with E-state index in [2.05, 4.69) is 15.9 Å². The summed E-state index contributed by atoms with van der Waals surface area (Å²) in [5.74, 6) is -0.769. The summed E-state index contributed by atoms with van der Waals surface area (Å²) in [6.45, 7) is 0. The van der Waals surface area contributed by atoms with Gasteiger partial charge in [0.05, 0.1) is 16.4 Å². The number of nitrogens with zero attached hydrogens (tertiary/aromatic N) is 1. The van der Waals surface area contributed by atoms with Crippen molar-refractivity contribution in [3.63, 3.8) is 0 Å². The number of hydrogen-bond acceptors (Lipinski definition) is 4. The maximum absolute atomic E-state index is 11.9. The molecule has 0 fully saturated rings. The fraction of sp³-hybridized carbons (Fsp3) is 0. The number of carbonyl (C=O) groups excluding carboxylic acids is 1. The molecular formula is C13H11BrClN3O4S. The van der Waals surface area contributed by atoms with Crippen LogP contribution in [0.15, 0.2) is 45.8 Å². The third kappa shape index (κ3) is 3.42. The van der Waals surface area contributed by atoms with Crippen molar-refractivity contribution < 1.29 is 18.3 Å². The Morgan fingerprint density at radius 1 is 1.17 bits per heavy atom. The van der Waals surface area contributed by atoms with Gasteiger partial charge in [-0.3, -0.25) is 4.90 Å². The van der Waals surface area contributed by atoms with Gasteiger partial charge in [-0.15, -0.1) is 0 Å². The molecule has 122 valence electrons. The highest BCUT2D eigenvalue weighted by atomic mass is 79.9. The fourth-order valence-corrected chi connectivity index (χ4v) is 3.64. The second-order valence-corrected chi connectivity index (χ2v) is 7.17. The summed E-state index contributed by atoms with van der Waals surface area (Å²) in [6.07, 6.45) is 0. The van der Waals surface area contributed by atoms with Crippen LogP contribution in [0.5, 0.6) is 5.75 Å². The molecule has 23 heavy (non-hydrogen) atoms. The number of nitrogens with two attached hydrogens (primary N) is 2. The normalized spacial score (nSPS) is 11.3. The van der Waals surface area contributed by atoms with Crippen LogP contribution in [0.4, 0.5) is 16.2 Å². The molecule has 0 aliphatic heterocycles. The van der Waals surface area contributed by atoms with Crippen LogP contribution in [0.1, 0.15) is 0 Å². The Bertz CT molecular complexity index is 889. The van der Waals surface area contributed by atoms with Crippen LogP contribution in [0.3, 0.4) is 0 Å². The summed E-state index contributed by atoms with van der Waals surface area (Å²) >= 11 is 9.04. The molecule has 0 spiro atoms. The van der Waals surface area contributed by atoms with Crippen LogP contribution < -0.4 is 15.8 Å². The van der Waals surface area contributed by atoms with Gasteiger partial charge in [0, 0.05) is 4.47 Å². The molecule has 0 aliphatic carbocycles. The average molecular weight is 421 g/mol. The van der Waals surface area contributed by atoms with E-state index in [-0.39, 0.29) is 10.7 Å². The molecule has 0 saturated carbocycles. The lowest BCUT2D eigenvalue weighted by atomic mass is 10.2. The SMILES string of the molecule is NC(=O)N(c1ccccc1Br)c1ccc(Cl)c(S(N)(=O)=O)c1O. The first-order valence-electron chi connectivity index (χ1n) is 6.03. The molecule has 2 aromatic carbocycles. The number of amides is 2. The topological polar surface area (TPSA) is 127 Å². The minimum Gasteiger partial charge on any atom is -0.504 e. The molecule has 2 amide bonds. The molecule has 0 atom stereocenters. The number of sulfonamides is 1. The third-order valence-corrected chi connectivity index (χ3v) is 4.98. The maximum Gasteiger partial charge on any atom is 0.324 e. The van der Waals surface area contributed by atoms with Gasteiger partial charge in [-0.1, -0.05) is 23.7 Å². The van der Waals surface area contributed by atoms with E-state index in [4.69, 9.17) is 22.5 Å². The smallest absolute Gasteiger partial charge is 0.324 e. The Labute approximate surface area is 145 Å². The van der Waals surface area contributed by atoms with E-state index in [1.54, 1.807) is 24.3 Å². The number of anilines is 2. The number of primary sulfonamides is 1. The van der Waals surface area contributed by atoms with Gasteiger partial charge in [-0.2, -0.15) is 0 Å². The minimum atomic E-state index is -4.31. The number of primary amides is 1. The number of rotatable bonds is 3. The zero-order valence-corrected chi connectivity index (χ0v) is 14.6. The van der Waals surface area contributed by atoms with E-state index < -0.39 is 26.7 Å². The fourth-order valence-electron chi connectivity index (χ4n) is 1.99. The van der Waals surface area contributed by atoms with E-state index in [9.17, 15) is 18.3 Å². The number of benzene rings is 2. The summed E-state index contributed by atoms with van der Waals surface area (Å²) in [5.41, 5.74) is 5.51. The first-order valence-corrected chi connectivity index (χ1v) is 8.74. The molecule has 0 aromatic heterocycles. The molecule has 0 bridgehead atoms. The van der Waals surface area contributed by atoms with E-state index >= 15 is 0 Å². The van der Waals surface area contributed by atoms with E-state index in [0.717, 1.165) is 4.90 Å². The number of phenolic OH excluding ortho intramolecular Hbond substituents is 1. The Balaban J connectivity index is 2.77. The lowest BCUT2D eigenvalue weighted by molar-refractivity contribution is 0.256. The quantitative estimate of drug-likeness (QED) is 0.705. The number of carbonyl (C=O) groups is 1. The van der Waals surface area contributed by atoms with E-state index in [1.807, 2.05) is 0 Å². The van der Waals surface area contributed by atoms with Gasteiger partial charge in [0.25, 0.3) is 0 Å². The maximum atomic E-state index is 11.9. The Morgan fingerprint density at radius 2 is 1.78 bits per heavy atom. The van der Waals surface area contributed by atoms with Crippen LogP contribution in [0, 0.1) is 0 Å². The monoisotopic (exact) mass is 419 g/mol. The Hall–Kier alpha value is -1.81. The zero-order valence-electron chi connectivity index (χ0n) is 11.4. The van der Waals surface area contributed by atoms with Crippen molar-refractivity contribution in [1.29, 1.82) is 0 Å². The summed E-state index contributed by atoms with van der Waals surface area (Å²) in [5, 5.41) is 15.1. The van der Waals surface area contributed by atoms with Gasteiger partial charge < -0.3 is 10.8 Å². The molecule has 0 unspecified atom stereocenters. The number of phenols is 1. The van der Waals surface area contributed by atoms with E-state index in [0.29, 0.717) is 10.2 Å². The first-order chi connectivity index (χ1) is 10.6. The standard InChI is InChI=1S/C13H11BrClN3O4S/c14-7-3-1-2-4-9(7)18(13(16)20)10-6-5-8(15)12(11(10)19)23(17,21)22/h1-6,19H,(H2,16,20)(H2,17,21,22). The molecular weight excluding hydrogens is 410 g/mol. The predicted octanol–water partition coefficient (Wildman–Crippen LogP) is 2.67. The third-order valence-electron chi connectivity index (χ3n) is 2.90. The number of halogens is 2. The van der Waals surface area contributed by atoms with Gasteiger partial charge in [0.15, 0.2) is 5.75 Å². The van der Waals surface area contributed by atoms with Crippen molar-refractivity contribution in [3.05, 3.63) is 45.9 Å². The highest BCUT2D eigenvalue weighted by molar-refractivity contribution is 9.10. The van der Waals surface area contributed by atoms with Crippen molar-refractivity contribution in [2.24, 2.45) is 10.9 Å². The Morgan fingerprint density at radius 3 is 2.30 bits per heavy atom. The number of aromatic hydroxyl groups is 1. The second kappa shape index (κ2) is 6.36. The highest BCUT2D eigenvalue weighted by Crippen LogP contribution is 2.42. The van der Waals surface area contributed by atoms with Crippen LogP contribution in [-0.2, 0) is 10.0 Å². The molecule has 7 nitrogen and oxygen atoms in total. The van der Waals surface area contributed by atoms with Crippen molar-refractivity contribution >= 4 is 55.0 Å².